The fourth-order valence-corrected chi connectivity index (χ4v) is 3.62. The van der Waals surface area contributed by atoms with Crippen molar-refractivity contribution in [1.82, 2.24) is 10.2 Å². The maximum absolute atomic E-state index is 12.3. The highest BCUT2D eigenvalue weighted by Crippen LogP contribution is 2.21. The number of aliphatic hydroxyl groups excluding tert-OH is 1. The van der Waals surface area contributed by atoms with Crippen molar-refractivity contribution in [1.29, 1.82) is 0 Å². The number of nitrogens with zero attached hydrogens (tertiary/aromatic N) is 1. The highest BCUT2D eigenvalue weighted by Gasteiger charge is 2.29. The van der Waals surface area contributed by atoms with Crippen molar-refractivity contribution in [2.75, 3.05) is 38.6 Å². The fourth-order valence-electron chi connectivity index (χ4n) is 2.51. The van der Waals surface area contributed by atoms with Gasteiger partial charge in [0.2, 0.25) is 5.91 Å². The van der Waals surface area contributed by atoms with Gasteiger partial charge in [0.1, 0.15) is 0 Å². The van der Waals surface area contributed by atoms with Gasteiger partial charge in [0, 0.05) is 11.8 Å². The molecule has 6 heteroatoms. The van der Waals surface area contributed by atoms with Gasteiger partial charge in [-0.15, -0.1) is 11.8 Å². The van der Waals surface area contributed by atoms with Crippen molar-refractivity contribution in [3.8, 4) is 0 Å². The molecule has 19 heavy (non-hydrogen) atoms. The van der Waals surface area contributed by atoms with Crippen LogP contribution in [0.5, 0.6) is 0 Å². The molecule has 2 unspecified atom stereocenters. The average molecular weight is 288 g/mol. The van der Waals surface area contributed by atoms with Gasteiger partial charge in [-0.25, -0.2) is 0 Å². The molecule has 2 aliphatic heterocycles. The average Bonchev–Trinajstić information content (AvgIpc) is 2.46. The van der Waals surface area contributed by atoms with E-state index in [0.717, 1.165) is 25.9 Å². The molecule has 0 spiro atoms. The van der Waals surface area contributed by atoms with Crippen LogP contribution in [-0.2, 0) is 9.53 Å². The molecule has 2 rings (SSSR count). The number of carbonyl (C=O) groups excluding carboxylic acids is 1. The van der Waals surface area contributed by atoms with E-state index in [9.17, 15) is 4.79 Å². The lowest BCUT2D eigenvalue weighted by Gasteiger charge is -2.37. The molecule has 0 saturated carbocycles. The molecule has 2 aliphatic rings. The lowest BCUT2D eigenvalue weighted by atomic mass is 10.2. The number of piperidine rings is 1. The smallest absolute Gasteiger partial charge is 0.232 e. The molecule has 0 aliphatic carbocycles. The molecule has 2 saturated heterocycles. The number of hydrogen-bond donors (Lipinski definition) is 2. The van der Waals surface area contributed by atoms with E-state index in [1.807, 2.05) is 11.8 Å². The van der Waals surface area contributed by atoms with Gasteiger partial charge in [-0.05, 0) is 32.9 Å². The summed E-state index contributed by atoms with van der Waals surface area (Å²) in [5, 5.41) is 13.1. The summed E-state index contributed by atoms with van der Waals surface area (Å²) in [5.41, 5.74) is 0. The Hall–Kier alpha value is -0.300. The molecular formula is C13H24N2O3S. The van der Waals surface area contributed by atoms with E-state index in [2.05, 4.69) is 5.32 Å². The third kappa shape index (κ3) is 4.34. The number of carbonyl (C=O) groups is 1. The SMILES string of the molecule is CC1COC(CO)CN1C(=O)CSC1CCNCC1. The number of thioether (sulfide) groups is 1. The van der Waals surface area contributed by atoms with Crippen LogP contribution in [-0.4, -0.2) is 71.9 Å². The molecule has 1 amide bonds. The van der Waals surface area contributed by atoms with E-state index in [1.54, 1.807) is 11.8 Å². The molecule has 2 atom stereocenters. The second kappa shape index (κ2) is 7.47. The molecule has 110 valence electrons. The number of nitrogens with one attached hydrogen (secondary N) is 1. The summed E-state index contributed by atoms with van der Waals surface area (Å²) in [6.07, 6.45) is 2.08. The number of ether oxygens (including phenoxy) is 1. The predicted octanol–water partition coefficient (Wildman–Crippen LogP) is 0.0798. The van der Waals surface area contributed by atoms with E-state index < -0.39 is 0 Å². The number of amides is 1. The van der Waals surface area contributed by atoms with Gasteiger partial charge in [0.05, 0.1) is 31.1 Å². The second-order valence-corrected chi connectivity index (χ2v) is 6.58. The Bertz CT molecular complexity index is 298. The van der Waals surface area contributed by atoms with Gasteiger partial charge in [-0.2, -0.15) is 0 Å². The highest BCUT2D eigenvalue weighted by molar-refractivity contribution is 8.00. The Labute approximate surface area is 119 Å². The van der Waals surface area contributed by atoms with Crippen LogP contribution in [0.1, 0.15) is 19.8 Å². The minimum atomic E-state index is -0.218. The van der Waals surface area contributed by atoms with Crippen LogP contribution >= 0.6 is 11.8 Å². The molecule has 2 fully saturated rings. The Morgan fingerprint density at radius 3 is 2.89 bits per heavy atom. The van der Waals surface area contributed by atoms with Crippen LogP contribution < -0.4 is 5.32 Å². The molecule has 0 aromatic carbocycles. The van der Waals surface area contributed by atoms with Gasteiger partial charge in [-0.3, -0.25) is 4.79 Å². The summed E-state index contributed by atoms with van der Waals surface area (Å²) in [6, 6.07) is 0.115. The van der Waals surface area contributed by atoms with Gasteiger partial charge in [0.25, 0.3) is 0 Å². The van der Waals surface area contributed by atoms with Crippen molar-refractivity contribution in [2.45, 2.75) is 37.2 Å². The second-order valence-electron chi connectivity index (χ2n) is 5.29. The number of morpholine rings is 1. The first-order chi connectivity index (χ1) is 9.20. The maximum Gasteiger partial charge on any atom is 0.232 e. The summed E-state index contributed by atoms with van der Waals surface area (Å²) in [7, 11) is 0. The van der Waals surface area contributed by atoms with Crippen molar-refractivity contribution < 1.29 is 14.6 Å². The van der Waals surface area contributed by atoms with Gasteiger partial charge >= 0.3 is 0 Å². The van der Waals surface area contributed by atoms with Crippen molar-refractivity contribution >= 4 is 17.7 Å². The zero-order valence-corrected chi connectivity index (χ0v) is 12.3. The number of aliphatic hydroxyl groups is 1. The van der Waals surface area contributed by atoms with E-state index in [4.69, 9.17) is 9.84 Å². The molecule has 0 radical (unpaired) electrons. The first-order valence-electron chi connectivity index (χ1n) is 7.05. The fraction of sp³-hybridized carbons (Fsp3) is 0.923. The van der Waals surface area contributed by atoms with Crippen molar-refractivity contribution in [3.63, 3.8) is 0 Å². The summed E-state index contributed by atoms with van der Waals surface area (Å²) in [4.78, 5) is 14.1. The molecule has 2 N–H and O–H groups in total. The summed E-state index contributed by atoms with van der Waals surface area (Å²) >= 11 is 1.78. The van der Waals surface area contributed by atoms with Crippen LogP contribution in [0.3, 0.4) is 0 Å². The summed E-state index contributed by atoms with van der Waals surface area (Å²) < 4.78 is 5.46. The number of hydrogen-bond acceptors (Lipinski definition) is 5. The van der Waals surface area contributed by atoms with Gasteiger partial charge in [0.15, 0.2) is 0 Å². The molecule has 2 heterocycles. The summed E-state index contributed by atoms with van der Waals surface area (Å²) in [5.74, 6) is 0.727. The predicted molar refractivity (Wildman–Crippen MR) is 76.4 cm³/mol. The Kier molecular flexibility index (Phi) is 5.94. The molecule has 0 aromatic heterocycles. The largest absolute Gasteiger partial charge is 0.394 e. The maximum atomic E-state index is 12.3. The van der Waals surface area contributed by atoms with E-state index in [0.29, 0.717) is 24.2 Å². The summed E-state index contributed by atoms with van der Waals surface area (Å²) in [6.45, 7) is 5.15. The normalized spacial score (nSPS) is 29.5. The van der Waals surface area contributed by atoms with E-state index in [-0.39, 0.29) is 24.7 Å². The lowest BCUT2D eigenvalue weighted by Crippen LogP contribution is -2.52. The topological polar surface area (TPSA) is 61.8 Å². The van der Waals surface area contributed by atoms with E-state index >= 15 is 0 Å². The van der Waals surface area contributed by atoms with Crippen LogP contribution in [0.15, 0.2) is 0 Å². The first-order valence-corrected chi connectivity index (χ1v) is 8.10. The van der Waals surface area contributed by atoms with Crippen LogP contribution in [0.2, 0.25) is 0 Å². The molecule has 0 aromatic rings. The third-order valence-corrected chi connectivity index (χ3v) is 5.11. The lowest BCUT2D eigenvalue weighted by molar-refractivity contribution is -0.143. The molecule has 0 bridgehead atoms. The first kappa shape index (κ1) is 15.1. The standard InChI is InChI=1S/C13H24N2O3S/c1-10-8-18-11(7-16)6-15(10)13(17)9-19-12-2-4-14-5-3-12/h10-12,14,16H,2-9H2,1H3. The quantitative estimate of drug-likeness (QED) is 0.767. The van der Waals surface area contributed by atoms with Crippen molar-refractivity contribution in [3.05, 3.63) is 0 Å². The minimum absolute atomic E-state index is 0.0159. The van der Waals surface area contributed by atoms with Crippen LogP contribution in [0.4, 0.5) is 0 Å². The monoisotopic (exact) mass is 288 g/mol. The highest BCUT2D eigenvalue weighted by atomic mass is 32.2. The Balaban J connectivity index is 1.77. The molecular weight excluding hydrogens is 264 g/mol. The minimum Gasteiger partial charge on any atom is -0.394 e. The van der Waals surface area contributed by atoms with Crippen LogP contribution in [0.25, 0.3) is 0 Å². The van der Waals surface area contributed by atoms with Crippen molar-refractivity contribution in [2.24, 2.45) is 0 Å². The zero-order valence-electron chi connectivity index (χ0n) is 11.5. The Morgan fingerprint density at radius 1 is 1.47 bits per heavy atom. The number of rotatable bonds is 4. The van der Waals surface area contributed by atoms with Gasteiger partial charge < -0.3 is 20.1 Å². The van der Waals surface area contributed by atoms with Gasteiger partial charge in [-0.1, -0.05) is 0 Å². The molecule has 5 nitrogen and oxygen atoms in total. The Morgan fingerprint density at radius 2 is 2.21 bits per heavy atom. The van der Waals surface area contributed by atoms with Crippen LogP contribution in [0, 0.1) is 0 Å². The van der Waals surface area contributed by atoms with E-state index in [1.165, 1.54) is 0 Å². The zero-order chi connectivity index (χ0) is 13.7. The third-order valence-electron chi connectivity index (χ3n) is 3.76.